The van der Waals surface area contributed by atoms with Gasteiger partial charge in [0.05, 0.1) is 16.3 Å². The minimum Gasteiger partial charge on any atom is -0.337 e. The molecule has 1 aliphatic heterocycles. The SMILES string of the molecule is Cc1cccc(C(=O)N2CCCN(C(C)C(=O)Nc3nc4ccccc4s3)CC2)c1. The number of aryl methyl sites for hydroxylation is 1. The van der Waals surface area contributed by atoms with Gasteiger partial charge in [0.2, 0.25) is 5.91 Å². The second-order valence-electron chi connectivity index (χ2n) is 7.70. The lowest BCUT2D eigenvalue weighted by Crippen LogP contribution is -2.44. The predicted octanol–water partition coefficient (Wildman–Crippen LogP) is 3.78. The van der Waals surface area contributed by atoms with Gasteiger partial charge in [-0.15, -0.1) is 0 Å². The van der Waals surface area contributed by atoms with E-state index in [1.54, 1.807) is 0 Å². The molecule has 0 aliphatic carbocycles. The van der Waals surface area contributed by atoms with Crippen LogP contribution in [-0.4, -0.2) is 58.8 Å². The van der Waals surface area contributed by atoms with Crippen molar-refractivity contribution in [3.8, 4) is 0 Å². The highest BCUT2D eigenvalue weighted by Gasteiger charge is 2.26. The minimum absolute atomic E-state index is 0.0622. The molecule has 1 N–H and O–H groups in total. The van der Waals surface area contributed by atoms with Gasteiger partial charge in [-0.05, 0) is 44.5 Å². The van der Waals surface area contributed by atoms with Crippen molar-refractivity contribution >= 4 is 38.5 Å². The van der Waals surface area contributed by atoms with E-state index in [2.05, 4.69) is 15.2 Å². The van der Waals surface area contributed by atoms with Crippen LogP contribution in [0.3, 0.4) is 0 Å². The molecule has 30 heavy (non-hydrogen) atoms. The van der Waals surface area contributed by atoms with E-state index in [4.69, 9.17) is 0 Å². The number of benzene rings is 2. The molecule has 1 atom stereocenters. The van der Waals surface area contributed by atoms with Gasteiger partial charge in [0.25, 0.3) is 5.91 Å². The number of amides is 2. The van der Waals surface area contributed by atoms with Crippen molar-refractivity contribution in [1.82, 2.24) is 14.8 Å². The number of nitrogens with zero attached hydrogens (tertiary/aromatic N) is 3. The summed E-state index contributed by atoms with van der Waals surface area (Å²) in [6, 6.07) is 15.3. The molecule has 2 aromatic carbocycles. The molecule has 1 fully saturated rings. The van der Waals surface area contributed by atoms with Gasteiger partial charge in [-0.25, -0.2) is 4.98 Å². The van der Waals surface area contributed by atoms with Crippen LogP contribution in [0.5, 0.6) is 0 Å². The number of thiazole rings is 1. The topological polar surface area (TPSA) is 65.5 Å². The zero-order chi connectivity index (χ0) is 21.1. The Hall–Kier alpha value is -2.77. The first-order valence-corrected chi connectivity index (χ1v) is 11.1. The normalized spacial score (nSPS) is 16.3. The molecule has 1 unspecified atom stereocenters. The molecule has 6 nitrogen and oxygen atoms in total. The van der Waals surface area contributed by atoms with E-state index >= 15 is 0 Å². The highest BCUT2D eigenvalue weighted by Crippen LogP contribution is 2.25. The molecule has 4 rings (SSSR count). The van der Waals surface area contributed by atoms with Gasteiger partial charge < -0.3 is 10.2 Å². The first-order valence-electron chi connectivity index (χ1n) is 10.3. The number of rotatable bonds is 4. The zero-order valence-corrected chi connectivity index (χ0v) is 18.1. The van der Waals surface area contributed by atoms with E-state index in [9.17, 15) is 9.59 Å². The molecule has 2 amide bonds. The predicted molar refractivity (Wildman–Crippen MR) is 121 cm³/mol. The first kappa shape index (κ1) is 20.5. The minimum atomic E-state index is -0.286. The largest absolute Gasteiger partial charge is 0.337 e. The molecule has 156 valence electrons. The lowest BCUT2D eigenvalue weighted by atomic mass is 10.1. The van der Waals surface area contributed by atoms with Crippen LogP contribution in [0, 0.1) is 6.92 Å². The Bertz CT molecular complexity index is 1030. The standard InChI is InChI=1S/C23H26N4O2S/c1-16-7-5-8-18(15-16)22(29)27-12-6-11-26(13-14-27)17(2)21(28)25-23-24-19-9-3-4-10-20(19)30-23/h3-5,7-10,15,17H,6,11-14H2,1-2H3,(H,24,25,28). The molecular weight excluding hydrogens is 396 g/mol. The van der Waals surface area contributed by atoms with E-state index in [0.717, 1.165) is 34.3 Å². The highest BCUT2D eigenvalue weighted by molar-refractivity contribution is 7.22. The average molecular weight is 423 g/mol. The van der Waals surface area contributed by atoms with Crippen LogP contribution in [0.15, 0.2) is 48.5 Å². The van der Waals surface area contributed by atoms with Gasteiger partial charge in [-0.2, -0.15) is 0 Å². The summed E-state index contributed by atoms with van der Waals surface area (Å²) < 4.78 is 1.06. The van der Waals surface area contributed by atoms with Crippen molar-refractivity contribution in [2.24, 2.45) is 0 Å². The van der Waals surface area contributed by atoms with Gasteiger partial charge in [0, 0.05) is 31.7 Å². The monoisotopic (exact) mass is 422 g/mol. The number of carbonyl (C=O) groups is 2. The van der Waals surface area contributed by atoms with Crippen LogP contribution in [-0.2, 0) is 4.79 Å². The molecule has 0 bridgehead atoms. The third-order valence-electron chi connectivity index (χ3n) is 5.53. The number of hydrogen-bond donors (Lipinski definition) is 1. The quantitative estimate of drug-likeness (QED) is 0.695. The average Bonchev–Trinajstić information content (AvgIpc) is 2.99. The smallest absolute Gasteiger partial charge is 0.253 e. The summed E-state index contributed by atoms with van der Waals surface area (Å²) in [4.78, 5) is 34.2. The fraction of sp³-hybridized carbons (Fsp3) is 0.348. The molecular formula is C23H26N4O2S. The Labute approximate surface area is 180 Å². The highest BCUT2D eigenvalue weighted by atomic mass is 32.1. The molecule has 0 saturated carbocycles. The Balaban J connectivity index is 1.37. The van der Waals surface area contributed by atoms with Gasteiger partial charge in [-0.1, -0.05) is 41.2 Å². The number of carbonyl (C=O) groups excluding carboxylic acids is 2. The maximum absolute atomic E-state index is 12.9. The summed E-state index contributed by atoms with van der Waals surface area (Å²) in [6.07, 6.45) is 0.844. The molecule has 1 saturated heterocycles. The van der Waals surface area contributed by atoms with Crippen molar-refractivity contribution in [3.63, 3.8) is 0 Å². The van der Waals surface area contributed by atoms with Gasteiger partial charge in [-0.3, -0.25) is 14.5 Å². The van der Waals surface area contributed by atoms with Crippen molar-refractivity contribution in [2.75, 3.05) is 31.5 Å². The van der Waals surface area contributed by atoms with Crippen LogP contribution in [0.4, 0.5) is 5.13 Å². The summed E-state index contributed by atoms with van der Waals surface area (Å²) in [6.45, 7) is 6.69. The van der Waals surface area contributed by atoms with E-state index in [0.29, 0.717) is 24.8 Å². The van der Waals surface area contributed by atoms with E-state index in [-0.39, 0.29) is 17.9 Å². The van der Waals surface area contributed by atoms with Crippen molar-refractivity contribution in [3.05, 3.63) is 59.7 Å². The number of hydrogen-bond acceptors (Lipinski definition) is 5. The Morgan fingerprint density at radius 2 is 1.90 bits per heavy atom. The van der Waals surface area contributed by atoms with Crippen LogP contribution in [0.1, 0.15) is 29.3 Å². The van der Waals surface area contributed by atoms with Crippen molar-refractivity contribution in [1.29, 1.82) is 0 Å². The molecule has 0 spiro atoms. The van der Waals surface area contributed by atoms with Crippen LogP contribution < -0.4 is 5.32 Å². The third kappa shape index (κ3) is 4.52. The van der Waals surface area contributed by atoms with Crippen molar-refractivity contribution in [2.45, 2.75) is 26.3 Å². The lowest BCUT2D eigenvalue weighted by Gasteiger charge is -2.26. The first-order chi connectivity index (χ1) is 14.5. The zero-order valence-electron chi connectivity index (χ0n) is 17.3. The third-order valence-corrected chi connectivity index (χ3v) is 6.49. The van der Waals surface area contributed by atoms with E-state index in [1.165, 1.54) is 11.3 Å². The summed E-state index contributed by atoms with van der Waals surface area (Å²) in [7, 11) is 0. The van der Waals surface area contributed by atoms with Gasteiger partial charge >= 0.3 is 0 Å². The number of fused-ring (bicyclic) bond motifs is 1. The number of anilines is 1. The molecule has 1 aliphatic rings. The maximum Gasteiger partial charge on any atom is 0.253 e. The summed E-state index contributed by atoms with van der Waals surface area (Å²) in [5, 5.41) is 3.59. The fourth-order valence-electron chi connectivity index (χ4n) is 3.79. The fourth-order valence-corrected chi connectivity index (χ4v) is 4.66. The van der Waals surface area contributed by atoms with E-state index < -0.39 is 0 Å². The summed E-state index contributed by atoms with van der Waals surface area (Å²) in [5.41, 5.74) is 2.70. The molecule has 2 heterocycles. The summed E-state index contributed by atoms with van der Waals surface area (Å²) in [5.74, 6) is -0.000327. The Morgan fingerprint density at radius 3 is 2.70 bits per heavy atom. The molecule has 7 heteroatoms. The molecule has 1 aromatic heterocycles. The van der Waals surface area contributed by atoms with Crippen LogP contribution in [0.25, 0.3) is 10.2 Å². The molecule has 3 aromatic rings. The molecule has 0 radical (unpaired) electrons. The Kier molecular flexibility index (Phi) is 6.11. The lowest BCUT2D eigenvalue weighted by molar-refractivity contribution is -0.120. The number of aromatic nitrogens is 1. The van der Waals surface area contributed by atoms with Crippen LogP contribution >= 0.6 is 11.3 Å². The number of nitrogens with one attached hydrogen (secondary N) is 1. The summed E-state index contributed by atoms with van der Waals surface area (Å²) >= 11 is 1.48. The number of para-hydroxylation sites is 1. The maximum atomic E-state index is 12.9. The van der Waals surface area contributed by atoms with E-state index in [1.807, 2.05) is 67.3 Å². The van der Waals surface area contributed by atoms with Crippen LogP contribution in [0.2, 0.25) is 0 Å². The van der Waals surface area contributed by atoms with Gasteiger partial charge in [0.1, 0.15) is 0 Å². The second kappa shape index (κ2) is 8.93. The second-order valence-corrected chi connectivity index (χ2v) is 8.73. The van der Waals surface area contributed by atoms with Gasteiger partial charge in [0.15, 0.2) is 5.13 Å². The van der Waals surface area contributed by atoms with Crippen molar-refractivity contribution < 1.29 is 9.59 Å². The Morgan fingerprint density at radius 1 is 1.07 bits per heavy atom.